The number of pyridine rings is 1. The maximum atomic E-state index is 12.9. The number of amides is 2. The first kappa shape index (κ1) is 22.7. The molecular formula is C24H22ClF3N4O2. The molecule has 1 aliphatic carbocycles. The lowest BCUT2D eigenvalue weighted by Crippen LogP contribution is -2.40. The number of benzene rings is 1. The van der Waals surface area contributed by atoms with Crippen LogP contribution in [0.5, 0.6) is 0 Å². The minimum absolute atomic E-state index is 0.0534. The Bertz CT molecular complexity index is 1260. The fraction of sp³-hybridized carbons (Fsp3) is 0.375. The maximum Gasteiger partial charge on any atom is 0.416 e. The van der Waals surface area contributed by atoms with E-state index < -0.39 is 11.7 Å². The van der Waals surface area contributed by atoms with Crippen molar-refractivity contribution in [2.75, 3.05) is 13.1 Å². The van der Waals surface area contributed by atoms with Crippen molar-refractivity contribution in [3.8, 4) is 0 Å². The molecule has 1 atom stereocenters. The zero-order chi connectivity index (χ0) is 24.1. The fourth-order valence-electron chi connectivity index (χ4n) is 4.83. The molecular weight excluding hydrogens is 469 g/mol. The van der Waals surface area contributed by atoms with E-state index in [-0.39, 0.29) is 29.7 Å². The van der Waals surface area contributed by atoms with Gasteiger partial charge < -0.3 is 14.6 Å². The molecule has 10 heteroatoms. The smallest absolute Gasteiger partial charge is 0.352 e. The van der Waals surface area contributed by atoms with E-state index in [2.05, 4.69) is 10.3 Å². The third-order valence-corrected chi connectivity index (χ3v) is 7.13. The molecule has 0 radical (unpaired) electrons. The average molecular weight is 491 g/mol. The Labute approximate surface area is 198 Å². The van der Waals surface area contributed by atoms with Gasteiger partial charge in [-0.1, -0.05) is 23.7 Å². The van der Waals surface area contributed by atoms with Crippen LogP contribution in [0.25, 0.3) is 5.65 Å². The summed E-state index contributed by atoms with van der Waals surface area (Å²) >= 11 is 5.99. The average Bonchev–Trinajstić information content (AvgIpc) is 3.34. The number of halogens is 4. The van der Waals surface area contributed by atoms with Crippen LogP contribution in [0.3, 0.4) is 0 Å². The number of aromatic nitrogens is 2. The molecule has 1 N–H and O–H groups in total. The number of carbonyl (C=O) groups excluding carboxylic acids is 2. The van der Waals surface area contributed by atoms with E-state index >= 15 is 0 Å². The number of nitrogens with one attached hydrogen (secondary N) is 1. The lowest BCUT2D eigenvalue weighted by Gasteiger charge is -2.32. The fourth-order valence-corrected chi connectivity index (χ4v) is 4.99. The first-order chi connectivity index (χ1) is 16.1. The van der Waals surface area contributed by atoms with Crippen LogP contribution in [0.1, 0.15) is 40.9 Å². The molecule has 178 valence electrons. The molecule has 3 heterocycles. The summed E-state index contributed by atoms with van der Waals surface area (Å²) < 4.78 is 40.4. The van der Waals surface area contributed by atoms with Gasteiger partial charge in [0, 0.05) is 37.9 Å². The molecule has 1 saturated carbocycles. The van der Waals surface area contributed by atoms with Gasteiger partial charge in [-0.3, -0.25) is 9.59 Å². The molecule has 1 spiro atoms. The number of rotatable bonds is 4. The van der Waals surface area contributed by atoms with Crippen molar-refractivity contribution in [2.24, 2.45) is 11.3 Å². The molecule has 0 unspecified atom stereocenters. The quantitative estimate of drug-likeness (QED) is 0.583. The number of imidazole rings is 1. The number of piperidine rings is 1. The van der Waals surface area contributed by atoms with Crippen LogP contribution in [-0.4, -0.2) is 39.2 Å². The monoisotopic (exact) mass is 490 g/mol. The van der Waals surface area contributed by atoms with Crippen molar-refractivity contribution in [3.05, 3.63) is 70.6 Å². The summed E-state index contributed by atoms with van der Waals surface area (Å²) in [6.07, 6.45) is 1.09. The Hall–Kier alpha value is -3.07. The van der Waals surface area contributed by atoms with E-state index in [4.69, 9.17) is 11.6 Å². The number of likely N-dealkylation sites (tertiary alicyclic amines) is 1. The molecule has 2 aliphatic rings. The molecule has 1 aromatic carbocycles. The highest BCUT2D eigenvalue weighted by atomic mass is 35.5. The van der Waals surface area contributed by atoms with Gasteiger partial charge in [0.2, 0.25) is 5.91 Å². The van der Waals surface area contributed by atoms with Gasteiger partial charge in [-0.05, 0) is 54.5 Å². The first-order valence-corrected chi connectivity index (χ1v) is 11.4. The lowest BCUT2D eigenvalue weighted by molar-refractivity contribution is -0.137. The molecule has 1 saturated heterocycles. The van der Waals surface area contributed by atoms with Crippen molar-refractivity contribution >= 4 is 29.1 Å². The van der Waals surface area contributed by atoms with Crippen LogP contribution in [-0.2, 0) is 17.5 Å². The number of hydrogen-bond donors (Lipinski definition) is 1. The molecule has 5 rings (SSSR count). The standard InChI is InChI=1S/C24H22ClF3N4O2/c25-17-4-5-20-30-19(14-32(20)13-17)22(34)31-8-6-23(7-9-31)11-18(23)21(33)29-12-15-2-1-3-16(10-15)24(26,27)28/h1-5,10,13-14,18H,6-9,11-12H2,(H,29,33)/t18-/m1/s1. The predicted octanol–water partition coefficient (Wildman–Crippen LogP) is 4.57. The van der Waals surface area contributed by atoms with E-state index in [9.17, 15) is 22.8 Å². The molecule has 2 aromatic heterocycles. The molecule has 2 fully saturated rings. The number of nitrogens with zero attached hydrogens (tertiary/aromatic N) is 3. The Kier molecular flexibility index (Phi) is 5.55. The third-order valence-electron chi connectivity index (χ3n) is 6.91. The van der Waals surface area contributed by atoms with Gasteiger partial charge in [0.15, 0.2) is 0 Å². The Morgan fingerprint density at radius 2 is 1.91 bits per heavy atom. The Morgan fingerprint density at radius 1 is 1.15 bits per heavy atom. The van der Waals surface area contributed by atoms with E-state index in [0.717, 1.165) is 18.6 Å². The highest BCUT2D eigenvalue weighted by Crippen LogP contribution is 2.59. The molecule has 34 heavy (non-hydrogen) atoms. The number of carbonyl (C=O) groups is 2. The summed E-state index contributed by atoms with van der Waals surface area (Å²) in [5.74, 6) is -0.469. The van der Waals surface area contributed by atoms with Gasteiger partial charge in [0.05, 0.1) is 10.6 Å². The number of alkyl halides is 3. The molecule has 2 amide bonds. The third kappa shape index (κ3) is 4.36. The van der Waals surface area contributed by atoms with E-state index in [1.165, 1.54) is 6.07 Å². The summed E-state index contributed by atoms with van der Waals surface area (Å²) in [5, 5.41) is 3.33. The summed E-state index contributed by atoms with van der Waals surface area (Å²) in [6.45, 7) is 1.12. The van der Waals surface area contributed by atoms with Crippen LogP contribution in [0.4, 0.5) is 13.2 Å². The van der Waals surface area contributed by atoms with Crippen LogP contribution < -0.4 is 5.32 Å². The van der Waals surface area contributed by atoms with Gasteiger partial charge in [0.25, 0.3) is 5.91 Å². The topological polar surface area (TPSA) is 66.7 Å². The minimum Gasteiger partial charge on any atom is -0.352 e. The summed E-state index contributed by atoms with van der Waals surface area (Å²) in [7, 11) is 0. The summed E-state index contributed by atoms with van der Waals surface area (Å²) in [5.41, 5.74) is 0.534. The molecule has 3 aromatic rings. The van der Waals surface area contributed by atoms with Crippen LogP contribution >= 0.6 is 11.6 Å². The molecule has 0 bridgehead atoms. The second kappa shape index (κ2) is 8.30. The van der Waals surface area contributed by atoms with Gasteiger partial charge >= 0.3 is 6.18 Å². The Balaban J connectivity index is 1.15. The highest BCUT2D eigenvalue weighted by molar-refractivity contribution is 6.30. The van der Waals surface area contributed by atoms with E-state index in [0.29, 0.717) is 47.9 Å². The van der Waals surface area contributed by atoms with Gasteiger partial charge in [-0.25, -0.2) is 4.98 Å². The van der Waals surface area contributed by atoms with Gasteiger partial charge in [-0.2, -0.15) is 13.2 Å². The largest absolute Gasteiger partial charge is 0.416 e. The zero-order valence-corrected chi connectivity index (χ0v) is 18.9. The van der Waals surface area contributed by atoms with E-state index in [1.54, 1.807) is 39.9 Å². The zero-order valence-electron chi connectivity index (χ0n) is 18.1. The predicted molar refractivity (Wildman–Crippen MR) is 119 cm³/mol. The number of hydrogen-bond acceptors (Lipinski definition) is 3. The Morgan fingerprint density at radius 3 is 2.65 bits per heavy atom. The SMILES string of the molecule is O=C(NCc1cccc(C(F)(F)F)c1)[C@H]1CC12CCN(C(=O)c1cn3cc(Cl)ccc3n1)CC2. The molecule has 6 nitrogen and oxygen atoms in total. The summed E-state index contributed by atoms with van der Waals surface area (Å²) in [6, 6.07) is 8.44. The van der Waals surface area contributed by atoms with Gasteiger partial charge in [0.1, 0.15) is 11.3 Å². The highest BCUT2D eigenvalue weighted by Gasteiger charge is 2.58. The van der Waals surface area contributed by atoms with Crippen molar-refractivity contribution in [3.63, 3.8) is 0 Å². The van der Waals surface area contributed by atoms with Gasteiger partial charge in [-0.15, -0.1) is 0 Å². The van der Waals surface area contributed by atoms with Crippen LogP contribution in [0.2, 0.25) is 5.02 Å². The van der Waals surface area contributed by atoms with Crippen molar-refractivity contribution < 1.29 is 22.8 Å². The van der Waals surface area contributed by atoms with E-state index in [1.807, 2.05) is 0 Å². The van der Waals surface area contributed by atoms with Crippen molar-refractivity contribution in [2.45, 2.75) is 32.0 Å². The van der Waals surface area contributed by atoms with Crippen molar-refractivity contribution in [1.82, 2.24) is 19.6 Å². The van der Waals surface area contributed by atoms with Crippen LogP contribution in [0, 0.1) is 11.3 Å². The molecule has 1 aliphatic heterocycles. The second-order valence-electron chi connectivity index (χ2n) is 9.07. The normalized spacial score (nSPS) is 19.4. The summed E-state index contributed by atoms with van der Waals surface area (Å²) in [4.78, 5) is 31.7. The van der Waals surface area contributed by atoms with Crippen molar-refractivity contribution in [1.29, 1.82) is 0 Å². The van der Waals surface area contributed by atoms with Crippen LogP contribution in [0.15, 0.2) is 48.8 Å². The number of fused-ring (bicyclic) bond motifs is 1. The minimum atomic E-state index is -4.41. The lowest BCUT2D eigenvalue weighted by atomic mass is 9.90. The second-order valence-corrected chi connectivity index (χ2v) is 9.50. The maximum absolute atomic E-state index is 12.9. The first-order valence-electron chi connectivity index (χ1n) is 11.0.